The number of hydrogen-bond donors (Lipinski definition) is 1. The van der Waals surface area contributed by atoms with Crippen LogP contribution in [0.2, 0.25) is 5.02 Å². The summed E-state index contributed by atoms with van der Waals surface area (Å²) in [5.41, 5.74) is 0.574. The number of rotatable bonds is 2. The minimum Gasteiger partial charge on any atom is -0.349 e. The lowest BCUT2D eigenvalue weighted by Crippen LogP contribution is -2.43. The molecule has 0 saturated heterocycles. The largest absolute Gasteiger partial charge is 0.349 e. The molecule has 0 bridgehead atoms. The molecule has 1 aliphatic carbocycles. The summed E-state index contributed by atoms with van der Waals surface area (Å²) in [6.07, 6.45) is 3.53. The molecule has 18 heavy (non-hydrogen) atoms. The molecule has 1 aliphatic rings. The van der Waals surface area contributed by atoms with E-state index >= 15 is 0 Å². The van der Waals surface area contributed by atoms with Crippen molar-refractivity contribution in [1.29, 1.82) is 0 Å². The molecule has 98 valence electrons. The molecule has 2 nitrogen and oxygen atoms in total. The zero-order chi connectivity index (χ0) is 13.1. The van der Waals surface area contributed by atoms with Crippen LogP contribution in [0.3, 0.4) is 0 Å². The molecular weight excluding hydrogens is 246 g/mol. The maximum absolute atomic E-state index is 12.2. The molecule has 0 aromatic heterocycles. The average molecular weight is 266 g/mol. The van der Waals surface area contributed by atoms with Gasteiger partial charge in [-0.1, -0.05) is 50.4 Å². The van der Waals surface area contributed by atoms with Crippen LogP contribution in [0.15, 0.2) is 24.3 Å². The maximum atomic E-state index is 12.2. The second-order valence-electron chi connectivity index (χ2n) is 5.33. The average Bonchev–Trinajstić information content (AvgIpc) is 2.35. The number of benzene rings is 1. The quantitative estimate of drug-likeness (QED) is 0.863. The van der Waals surface area contributed by atoms with E-state index in [1.165, 1.54) is 12.8 Å². The third-order valence-corrected chi connectivity index (χ3v) is 4.47. The summed E-state index contributed by atoms with van der Waals surface area (Å²) >= 11 is 6.04. The Morgan fingerprint density at radius 1 is 1.28 bits per heavy atom. The van der Waals surface area contributed by atoms with Crippen LogP contribution in [-0.2, 0) is 0 Å². The van der Waals surface area contributed by atoms with Gasteiger partial charge in [-0.3, -0.25) is 4.79 Å². The van der Waals surface area contributed by atoms with Gasteiger partial charge in [-0.05, 0) is 30.4 Å². The highest BCUT2D eigenvalue weighted by Crippen LogP contribution is 2.29. The van der Waals surface area contributed by atoms with Crippen LogP contribution in [0.4, 0.5) is 0 Å². The van der Waals surface area contributed by atoms with Gasteiger partial charge in [0.2, 0.25) is 0 Å². The molecule has 1 amide bonds. The van der Waals surface area contributed by atoms with Gasteiger partial charge in [0.25, 0.3) is 5.91 Å². The summed E-state index contributed by atoms with van der Waals surface area (Å²) in [6.45, 7) is 4.49. The van der Waals surface area contributed by atoms with Crippen molar-refractivity contribution in [2.75, 3.05) is 0 Å². The van der Waals surface area contributed by atoms with Crippen molar-refractivity contribution in [2.24, 2.45) is 11.8 Å². The fourth-order valence-electron chi connectivity index (χ4n) is 2.68. The summed E-state index contributed by atoms with van der Waals surface area (Å²) in [6, 6.07) is 7.48. The number of amides is 1. The van der Waals surface area contributed by atoms with Crippen LogP contribution in [0.5, 0.6) is 0 Å². The lowest BCUT2D eigenvalue weighted by molar-refractivity contribution is 0.0891. The van der Waals surface area contributed by atoms with Crippen molar-refractivity contribution in [1.82, 2.24) is 5.32 Å². The zero-order valence-corrected chi connectivity index (χ0v) is 11.7. The van der Waals surface area contributed by atoms with E-state index in [0.29, 0.717) is 22.4 Å². The molecule has 3 atom stereocenters. The summed E-state index contributed by atoms with van der Waals surface area (Å²) < 4.78 is 0. The molecule has 0 radical (unpaired) electrons. The minimum atomic E-state index is -0.0495. The maximum Gasteiger partial charge on any atom is 0.253 e. The number of halogens is 1. The van der Waals surface area contributed by atoms with E-state index in [1.807, 2.05) is 12.1 Å². The molecule has 3 heteroatoms. The van der Waals surface area contributed by atoms with Gasteiger partial charge in [0.1, 0.15) is 0 Å². The Hall–Kier alpha value is -1.02. The van der Waals surface area contributed by atoms with Gasteiger partial charge >= 0.3 is 0 Å². The number of nitrogens with one attached hydrogen (secondary N) is 1. The van der Waals surface area contributed by atoms with Crippen molar-refractivity contribution in [3.05, 3.63) is 34.9 Å². The van der Waals surface area contributed by atoms with E-state index in [0.717, 1.165) is 6.42 Å². The Morgan fingerprint density at radius 3 is 2.72 bits per heavy atom. The predicted octanol–water partition coefficient (Wildman–Crippen LogP) is 3.89. The van der Waals surface area contributed by atoms with Crippen molar-refractivity contribution in [3.8, 4) is 0 Å². The number of carbonyl (C=O) groups excluding carboxylic acids is 1. The van der Waals surface area contributed by atoms with Crippen molar-refractivity contribution in [3.63, 3.8) is 0 Å². The van der Waals surface area contributed by atoms with Crippen LogP contribution < -0.4 is 5.32 Å². The van der Waals surface area contributed by atoms with Gasteiger partial charge in [-0.15, -0.1) is 0 Å². The zero-order valence-electron chi connectivity index (χ0n) is 10.9. The van der Waals surface area contributed by atoms with Crippen molar-refractivity contribution >= 4 is 17.5 Å². The Kier molecular flexibility index (Phi) is 4.28. The summed E-state index contributed by atoms with van der Waals surface area (Å²) in [5, 5.41) is 3.65. The Bertz CT molecular complexity index is 432. The first-order chi connectivity index (χ1) is 8.59. The van der Waals surface area contributed by atoms with Crippen LogP contribution in [0.1, 0.15) is 43.5 Å². The molecule has 1 aromatic rings. The minimum absolute atomic E-state index is 0.0495. The van der Waals surface area contributed by atoms with E-state index in [1.54, 1.807) is 12.1 Å². The second kappa shape index (κ2) is 5.75. The topological polar surface area (TPSA) is 29.1 Å². The lowest BCUT2D eigenvalue weighted by Gasteiger charge is -2.34. The Morgan fingerprint density at radius 2 is 2.00 bits per heavy atom. The molecule has 0 aliphatic heterocycles. The highest BCUT2D eigenvalue weighted by atomic mass is 35.5. The Labute approximate surface area is 114 Å². The highest BCUT2D eigenvalue weighted by molar-refractivity contribution is 6.33. The molecule has 1 aromatic carbocycles. The third-order valence-electron chi connectivity index (χ3n) is 4.14. The summed E-state index contributed by atoms with van der Waals surface area (Å²) in [5.74, 6) is 1.16. The fraction of sp³-hybridized carbons (Fsp3) is 0.533. The van der Waals surface area contributed by atoms with E-state index in [4.69, 9.17) is 11.6 Å². The van der Waals surface area contributed by atoms with Crippen molar-refractivity contribution in [2.45, 2.75) is 39.2 Å². The normalized spacial score (nSPS) is 27.8. The smallest absolute Gasteiger partial charge is 0.253 e. The van der Waals surface area contributed by atoms with Crippen LogP contribution >= 0.6 is 11.6 Å². The fourth-order valence-corrected chi connectivity index (χ4v) is 2.90. The molecule has 1 fully saturated rings. The van der Waals surface area contributed by atoms with Gasteiger partial charge < -0.3 is 5.32 Å². The second-order valence-corrected chi connectivity index (χ2v) is 5.73. The molecule has 0 unspecified atom stereocenters. The van der Waals surface area contributed by atoms with Crippen LogP contribution in [-0.4, -0.2) is 11.9 Å². The molecule has 2 rings (SSSR count). The van der Waals surface area contributed by atoms with Gasteiger partial charge in [0.05, 0.1) is 10.6 Å². The first-order valence-electron chi connectivity index (χ1n) is 6.65. The predicted molar refractivity (Wildman–Crippen MR) is 74.9 cm³/mol. The van der Waals surface area contributed by atoms with Crippen LogP contribution in [0, 0.1) is 11.8 Å². The van der Waals surface area contributed by atoms with Crippen LogP contribution in [0.25, 0.3) is 0 Å². The number of hydrogen-bond acceptors (Lipinski definition) is 1. The molecular formula is C15H20ClNO. The van der Waals surface area contributed by atoms with Gasteiger partial charge in [-0.2, -0.15) is 0 Å². The monoisotopic (exact) mass is 265 g/mol. The van der Waals surface area contributed by atoms with Gasteiger partial charge in [0, 0.05) is 6.04 Å². The number of carbonyl (C=O) groups is 1. The van der Waals surface area contributed by atoms with E-state index in [9.17, 15) is 4.79 Å². The standard InChI is InChI=1S/C15H20ClNO/c1-10-6-5-9-14(11(10)2)17-15(18)12-7-3-4-8-13(12)16/h3-4,7-8,10-11,14H,5-6,9H2,1-2H3,(H,17,18)/t10-,11-,14+/m1/s1. The van der Waals surface area contributed by atoms with Gasteiger partial charge in [-0.25, -0.2) is 0 Å². The van der Waals surface area contributed by atoms with E-state index < -0.39 is 0 Å². The van der Waals surface area contributed by atoms with E-state index in [-0.39, 0.29) is 11.9 Å². The van der Waals surface area contributed by atoms with Crippen molar-refractivity contribution < 1.29 is 4.79 Å². The third kappa shape index (κ3) is 2.86. The molecule has 1 saturated carbocycles. The molecule has 0 spiro atoms. The summed E-state index contributed by atoms with van der Waals surface area (Å²) in [4.78, 5) is 12.2. The van der Waals surface area contributed by atoms with Gasteiger partial charge in [0.15, 0.2) is 0 Å². The highest BCUT2D eigenvalue weighted by Gasteiger charge is 2.28. The molecule has 1 N–H and O–H groups in total. The Balaban J connectivity index is 2.05. The first-order valence-corrected chi connectivity index (χ1v) is 7.02. The van der Waals surface area contributed by atoms with E-state index in [2.05, 4.69) is 19.2 Å². The SMILES string of the molecule is C[C@@H]1[C@H](C)CCC[C@@H]1NC(=O)c1ccccc1Cl. The first kappa shape index (κ1) is 13.4. The lowest BCUT2D eigenvalue weighted by atomic mass is 9.78. The summed E-state index contributed by atoms with van der Waals surface area (Å²) in [7, 11) is 0. The molecule has 0 heterocycles.